The number of nitrogens with one attached hydrogen (secondary N) is 1. The molecule has 104 valence electrons. The first kappa shape index (κ1) is 14.4. The number of hydrogen-bond acceptors (Lipinski definition) is 4. The fourth-order valence-corrected chi connectivity index (χ4v) is 3.34. The van der Waals surface area contributed by atoms with E-state index < -0.39 is 0 Å². The summed E-state index contributed by atoms with van der Waals surface area (Å²) in [5.41, 5.74) is 0. The van der Waals surface area contributed by atoms with E-state index in [-0.39, 0.29) is 11.8 Å². The number of hydrogen-bond donors (Lipinski definition) is 2. The molecule has 1 aliphatic rings. The maximum atomic E-state index is 12.2. The van der Waals surface area contributed by atoms with Crippen molar-refractivity contribution in [1.82, 2.24) is 10.2 Å². The molecular formula is C13H18N2O2S2. The van der Waals surface area contributed by atoms with Crippen molar-refractivity contribution in [2.45, 2.75) is 24.7 Å². The van der Waals surface area contributed by atoms with Crippen LogP contribution < -0.4 is 5.32 Å². The van der Waals surface area contributed by atoms with Crippen LogP contribution in [-0.2, 0) is 4.79 Å². The summed E-state index contributed by atoms with van der Waals surface area (Å²) in [7, 11) is 0. The molecule has 0 bridgehead atoms. The van der Waals surface area contributed by atoms with Crippen LogP contribution in [0.15, 0.2) is 16.3 Å². The first-order valence-electron chi connectivity index (χ1n) is 6.37. The van der Waals surface area contributed by atoms with Crippen LogP contribution in [-0.4, -0.2) is 36.3 Å². The van der Waals surface area contributed by atoms with E-state index in [1.54, 1.807) is 0 Å². The summed E-state index contributed by atoms with van der Waals surface area (Å²) in [6.45, 7) is 3.79. The molecule has 19 heavy (non-hydrogen) atoms. The van der Waals surface area contributed by atoms with Crippen LogP contribution >= 0.6 is 24.0 Å². The Morgan fingerprint density at radius 1 is 1.47 bits per heavy atom. The monoisotopic (exact) mass is 298 g/mol. The Labute approximate surface area is 122 Å². The third kappa shape index (κ3) is 3.98. The quantitative estimate of drug-likeness (QED) is 0.839. The Morgan fingerprint density at radius 3 is 2.68 bits per heavy atom. The zero-order valence-electron chi connectivity index (χ0n) is 10.9. The van der Waals surface area contributed by atoms with Crippen molar-refractivity contribution in [2.24, 2.45) is 5.92 Å². The predicted molar refractivity (Wildman–Crippen MR) is 78.9 cm³/mol. The molecule has 0 saturated carbocycles. The molecule has 2 amide bonds. The minimum absolute atomic E-state index is 0.0124. The molecule has 0 aliphatic carbocycles. The van der Waals surface area contributed by atoms with Crippen molar-refractivity contribution in [2.75, 3.05) is 19.6 Å². The molecule has 2 heterocycles. The number of carbonyl (C=O) groups excluding carboxylic acids is 2. The number of rotatable bonds is 3. The molecule has 0 unspecified atom stereocenters. The molecule has 0 atom stereocenters. The number of likely N-dealkylation sites (tertiary alicyclic amines) is 1. The van der Waals surface area contributed by atoms with E-state index in [2.05, 4.69) is 17.9 Å². The highest BCUT2D eigenvalue weighted by Crippen LogP contribution is 2.23. The van der Waals surface area contributed by atoms with Crippen LogP contribution in [0.4, 0.5) is 0 Å². The minimum Gasteiger partial charge on any atom is -0.356 e. The maximum absolute atomic E-state index is 12.2. The molecule has 2 rings (SSSR count). The van der Waals surface area contributed by atoms with Gasteiger partial charge in [0.05, 0.1) is 4.88 Å². The fourth-order valence-electron chi connectivity index (χ4n) is 2.22. The molecule has 0 radical (unpaired) electrons. The van der Waals surface area contributed by atoms with E-state index in [9.17, 15) is 9.59 Å². The molecule has 1 fully saturated rings. The van der Waals surface area contributed by atoms with Crippen molar-refractivity contribution in [3.63, 3.8) is 0 Å². The van der Waals surface area contributed by atoms with Crippen LogP contribution in [0.25, 0.3) is 0 Å². The van der Waals surface area contributed by atoms with Gasteiger partial charge in [0.2, 0.25) is 5.91 Å². The van der Waals surface area contributed by atoms with Crippen LogP contribution in [0.3, 0.4) is 0 Å². The van der Waals surface area contributed by atoms with Gasteiger partial charge in [-0.2, -0.15) is 0 Å². The third-order valence-corrected chi connectivity index (χ3v) is 4.69. The highest BCUT2D eigenvalue weighted by molar-refractivity contribution is 7.80. The van der Waals surface area contributed by atoms with Gasteiger partial charge in [0.25, 0.3) is 5.91 Å². The van der Waals surface area contributed by atoms with Gasteiger partial charge < -0.3 is 10.2 Å². The van der Waals surface area contributed by atoms with E-state index in [1.165, 1.54) is 18.3 Å². The van der Waals surface area contributed by atoms with Gasteiger partial charge in [-0.1, -0.05) is 0 Å². The van der Waals surface area contributed by atoms with Gasteiger partial charge in [0.15, 0.2) is 0 Å². The summed E-state index contributed by atoms with van der Waals surface area (Å²) in [5, 5.41) is 4.72. The fraction of sp³-hybridized carbons (Fsp3) is 0.538. The molecule has 1 aliphatic heterocycles. The van der Waals surface area contributed by atoms with Crippen LogP contribution in [0.5, 0.6) is 0 Å². The first-order chi connectivity index (χ1) is 9.06. The topological polar surface area (TPSA) is 49.4 Å². The lowest BCUT2D eigenvalue weighted by Crippen LogP contribution is -2.41. The number of amides is 2. The standard InChI is InChI=1S/C13H18N2O2S2/c1-9(16)14-7-10-2-4-15(5-3-10)13(17)12-6-11(18)8-19-12/h6,8,10,18H,2-5,7H2,1H3,(H,14,16). The Hall–Kier alpha value is -1.01. The lowest BCUT2D eigenvalue weighted by Gasteiger charge is -2.31. The summed E-state index contributed by atoms with van der Waals surface area (Å²) >= 11 is 5.67. The lowest BCUT2D eigenvalue weighted by atomic mass is 9.96. The number of nitrogens with zero attached hydrogens (tertiary/aromatic N) is 1. The summed E-state index contributed by atoms with van der Waals surface area (Å²) in [4.78, 5) is 26.6. The zero-order chi connectivity index (χ0) is 13.8. The van der Waals surface area contributed by atoms with Crippen molar-refractivity contribution < 1.29 is 9.59 Å². The largest absolute Gasteiger partial charge is 0.356 e. The molecule has 1 N–H and O–H groups in total. The summed E-state index contributed by atoms with van der Waals surface area (Å²) < 4.78 is 0. The van der Waals surface area contributed by atoms with E-state index >= 15 is 0 Å². The van der Waals surface area contributed by atoms with Crippen molar-refractivity contribution in [3.05, 3.63) is 16.3 Å². The zero-order valence-corrected chi connectivity index (χ0v) is 12.6. The number of carbonyl (C=O) groups is 2. The van der Waals surface area contributed by atoms with Crippen LogP contribution in [0.1, 0.15) is 29.4 Å². The first-order valence-corrected chi connectivity index (χ1v) is 7.70. The van der Waals surface area contributed by atoms with Gasteiger partial charge in [-0.3, -0.25) is 9.59 Å². The summed E-state index contributed by atoms with van der Waals surface area (Å²) in [6, 6.07) is 1.82. The molecular weight excluding hydrogens is 280 g/mol. The molecule has 6 heteroatoms. The second kappa shape index (κ2) is 6.43. The van der Waals surface area contributed by atoms with Crippen molar-refractivity contribution in [3.8, 4) is 0 Å². The predicted octanol–water partition coefficient (Wildman–Crippen LogP) is 2.03. The average molecular weight is 298 g/mol. The van der Waals surface area contributed by atoms with Gasteiger partial charge in [0, 0.05) is 36.8 Å². The van der Waals surface area contributed by atoms with Crippen molar-refractivity contribution >= 4 is 35.8 Å². The van der Waals surface area contributed by atoms with Gasteiger partial charge in [-0.25, -0.2) is 0 Å². The van der Waals surface area contributed by atoms with Crippen LogP contribution in [0, 0.1) is 5.92 Å². The molecule has 0 spiro atoms. The molecule has 1 aromatic rings. The highest BCUT2D eigenvalue weighted by Gasteiger charge is 2.24. The Morgan fingerprint density at radius 2 is 2.16 bits per heavy atom. The number of thiol groups is 1. The Bertz CT molecular complexity index is 465. The number of thiophene rings is 1. The van der Waals surface area contributed by atoms with E-state index in [4.69, 9.17) is 0 Å². The average Bonchev–Trinajstić information content (AvgIpc) is 2.83. The normalized spacial score (nSPS) is 16.4. The second-order valence-electron chi connectivity index (χ2n) is 4.84. The molecule has 1 saturated heterocycles. The van der Waals surface area contributed by atoms with E-state index in [1.807, 2.05) is 16.3 Å². The van der Waals surface area contributed by atoms with Crippen molar-refractivity contribution in [1.29, 1.82) is 0 Å². The third-order valence-electron chi connectivity index (χ3n) is 3.34. The highest BCUT2D eigenvalue weighted by atomic mass is 32.1. The summed E-state index contributed by atoms with van der Waals surface area (Å²) in [5.74, 6) is 0.596. The van der Waals surface area contributed by atoms with Gasteiger partial charge >= 0.3 is 0 Å². The van der Waals surface area contributed by atoms with E-state index in [0.717, 1.165) is 42.2 Å². The van der Waals surface area contributed by atoms with Gasteiger partial charge in [-0.15, -0.1) is 24.0 Å². The summed E-state index contributed by atoms with van der Waals surface area (Å²) in [6.07, 6.45) is 1.90. The lowest BCUT2D eigenvalue weighted by molar-refractivity contribution is -0.119. The SMILES string of the molecule is CC(=O)NCC1CCN(C(=O)c2cc(S)cs2)CC1. The van der Waals surface area contributed by atoms with Gasteiger partial charge in [0.1, 0.15) is 0 Å². The maximum Gasteiger partial charge on any atom is 0.263 e. The second-order valence-corrected chi connectivity index (χ2v) is 6.27. The van der Waals surface area contributed by atoms with Crippen LogP contribution in [0.2, 0.25) is 0 Å². The Kier molecular flexibility index (Phi) is 4.87. The molecule has 1 aromatic heterocycles. The molecule has 0 aromatic carbocycles. The number of piperidine rings is 1. The smallest absolute Gasteiger partial charge is 0.263 e. The Balaban J connectivity index is 1.83. The minimum atomic E-state index is 0.0124. The molecule has 4 nitrogen and oxygen atoms in total. The van der Waals surface area contributed by atoms with E-state index in [0.29, 0.717) is 5.92 Å². The van der Waals surface area contributed by atoms with Gasteiger partial charge in [-0.05, 0) is 24.8 Å².